The van der Waals surface area contributed by atoms with Gasteiger partial charge >= 0.3 is 6.18 Å². The molecule has 0 unspecified atom stereocenters. The highest BCUT2D eigenvalue weighted by Gasteiger charge is 2.30. The van der Waals surface area contributed by atoms with E-state index in [0.29, 0.717) is 5.52 Å². The molecule has 0 bridgehead atoms. The van der Waals surface area contributed by atoms with Gasteiger partial charge in [-0.1, -0.05) is 19.8 Å². The summed E-state index contributed by atoms with van der Waals surface area (Å²) in [5.41, 5.74) is 0.0679. The Labute approximate surface area is 114 Å². The number of benzene rings is 1. The zero-order valence-corrected chi connectivity index (χ0v) is 11.2. The van der Waals surface area contributed by atoms with Gasteiger partial charge < -0.3 is 4.98 Å². The highest BCUT2D eigenvalue weighted by molar-refractivity contribution is 5.79. The Bertz CT molecular complexity index is 658. The van der Waals surface area contributed by atoms with Crippen LogP contribution in [0.2, 0.25) is 0 Å². The maximum atomic E-state index is 12.6. The fourth-order valence-corrected chi connectivity index (χ4v) is 2.18. The summed E-state index contributed by atoms with van der Waals surface area (Å²) in [7, 11) is 0. The van der Waals surface area contributed by atoms with Gasteiger partial charge in [-0.05, 0) is 31.0 Å². The van der Waals surface area contributed by atoms with Gasteiger partial charge in [0.1, 0.15) is 0 Å². The van der Waals surface area contributed by atoms with Crippen LogP contribution in [-0.4, -0.2) is 4.98 Å². The van der Waals surface area contributed by atoms with Crippen molar-refractivity contribution >= 4 is 10.9 Å². The molecule has 0 amide bonds. The van der Waals surface area contributed by atoms with E-state index in [0.717, 1.165) is 43.5 Å². The number of hydrogen-bond acceptors (Lipinski definition) is 1. The van der Waals surface area contributed by atoms with Crippen LogP contribution < -0.4 is 5.43 Å². The second-order valence-corrected chi connectivity index (χ2v) is 4.87. The molecule has 108 valence electrons. The van der Waals surface area contributed by atoms with E-state index in [1.807, 2.05) is 0 Å². The first kappa shape index (κ1) is 14.6. The normalized spacial score (nSPS) is 12.0. The second-order valence-electron chi connectivity index (χ2n) is 4.87. The van der Waals surface area contributed by atoms with Crippen molar-refractivity contribution in [2.75, 3.05) is 0 Å². The van der Waals surface area contributed by atoms with Crippen molar-refractivity contribution in [3.05, 3.63) is 45.7 Å². The van der Waals surface area contributed by atoms with Crippen molar-refractivity contribution in [1.82, 2.24) is 4.98 Å². The third-order valence-corrected chi connectivity index (χ3v) is 3.26. The lowest BCUT2D eigenvalue weighted by Crippen LogP contribution is -2.09. The molecule has 0 aliphatic carbocycles. The molecule has 0 aliphatic rings. The Morgan fingerprint density at radius 1 is 1.15 bits per heavy atom. The third-order valence-electron chi connectivity index (χ3n) is 3.26. The van der Waals surface area contributed by atoms with Crippen LogP contribution in [-0.2, 0) is 12.6 Å². The van der Waals surface area contributed by atoms with Gasteiger partial charge in [0, 0.05) is 22.7 Å². The molecule has 1 aromatic heterocycles. The first-order valence-electron chi connectivity index (χ1n) is 6.65. The number of aromatic amines is 1. The highest BCUT2D eigenvalue weighted by Crippen LogP contribution is 2.30. The maximum Gasteiger partial charge on any atom is 0.416 e. The summed E-state index contributed by atoms with van der Waals surface area (Å²) >= 11 is 0. The molecule has 0 radical (unpaired) electrons. The van der Waals surface area contributed by atoms with Crippen molar-refractivity contribution in [3.8, 4) is 0 Å². The third kappa shape index (κ3) is 3.21. The lowest BCUT2D eigenvalue weighted by molar-refractivity contribution is -0.137. The monoisotopic (exact) mass is 283 g/mol. The van der Waals surface area contributed by atoms with E-state index in [2.05, 4.69) is 11.9 Å². The summed E-state index contributed by atoms with van der Waals surface area (Å²) in [5, 5.41) is 0.0825. The molecular weight excluding hydrogens is 267 g/mol. The van der Waals surface area contributed by atoms with Gasteiger partial charge in [0.15, 0.2) is 5.43 Å². The Morgan fingerprint density at radius 3 is 2.55 bits per heavy atom. The number of halogens is 3. The lowest BCUT2D eigenvalue weighted by Gasteiger charge is -2.08. The minimum absolute atomic E-state index is 0.0825. The topological polar surface area (TPSA) is 32.9 Å². The number of fused-ring (bicyclic) bond motifs is 1. The number of H-pyrrole nitrogens is 1. The SMILES string of the molecule is CCCCCc1cc(=O)c2cc(C(F)(F)F)ccc2[nH]1. The van der Waals surface area contributed by atoms with E-state index < -0.39 is 11.7 Å². The van der Waals surface area contributed by atoms with Crippen molar-refractivity contribution in [2.45, 2.75) is 38.8 Å². The van der Waals surface area contributed by atoms with Crippen LogP contribution in [0.15, 0.2) is 29.1 Å². The van der Waals surface area contributed by atoms with E-state index in [9.17, 15) is 18.0 Å². The molecule has 2 nitrogen and oxygen atoms in total. The number of aryl methyl sites for hydroxylation is 1. The molecule has 1 heterocycles. The molecule has 0 fully saturated rings. The Balaban J connectivity index is 2.40. The summed E-state index contributed by atoms with van der Waals surface area (Å²) in [4.78, 5) is 15.0. The standard InChI is InChI=1S/C15H16F3NO/c1-2-3-4-5-11-9-14(20)12-8-10(15(16,17)18)6-7-13(12)19-11/h6-9H,2-5H2,1H3,(H,19,20). The van der Waals surface area contributed by atoms with Crippen LogP contribution in [0, 0.1) is 0 Å². The van der Waals surface area contributed by atoms with E-state index in [4.69, 9.17) is 0 Å². The number of rotatable bonds is 4. The lowest BCUT2D eigenvalue weighted by atomic mass is 10.1. The predicted octanol–water partition coefficient (Wildman–Crippen LogP) is 4.28. The molecule has 2 rings (SSSR count). The molecule has 1 N–H and O–H groups in total. The second kappa shape index (κ2) is 5.69. The fraction of sp³-hybridized carbons (Fsp3) is 0.400. The van der Waals surface area contributed by atoms with Gasteiger partial charge in [-0.25, -0.2) is 0 Å². The van der Waals surface area contributed by atoms with Gasteiger partial charge in [0.05, 0.1) is 5.56 Å². The number of aromatic nitrogens is 1. The molecule has 5 heteroatoms. The highest BCUT2D eigenvalue weighted by atomic mass is 19.4. The number of alkyl halides is 3. The molecule has 2 aromatic rings. The quantitative estimate of drug-likeness (QED) is 0.835. The largest absolute Gasteiger partial charge is 0.416 e. The molecular formula is C15H16F3NO. The van der Waals surface area contributed by atoms with Crippen LogP contribution in [0.25, 0.3) is 10.9 Å². The Hall–Kier alpha value is -1.78. The molecule has 1 aromatic carbocycles. The first-order valence-corrected chi connectivity index (χ1v) is 6.65. The van der Waals surface area contributed by atoms with E-state index >= 15 is 0 Å². The molecule has 0 saturated heterocycles. The minimum Gasteiger partial charge on any atom is -0.358 e. The summed E-state index contributed by atoms with van der Waals surface area (Å²) in [6.45, 7) is 2.09. The Morgan fingerprint density at radius 2 is 1.90 bits per heavy atom. The number of unbranched alkanes of at least 4 members (excludes halogenated alkanes) is 2. The number of nitrogens with one attached hydrogen (secondary N) is 1. The smallest absolute Gasteiger partial charge is 0.358 e. The maximum absolute atomic E-state index is 12.6. The molecule has 0 atom stereocenters. The fourth-order valence-electron chi connectivity index (χ4n) is 2.18. The summed E-state index contributed by atoms with van der Waals surface area (Å²) in [6.07, 6.45) is -0.598. The van der Waals surface area contributed by atoms with Gasteiger partial charge in [-0.2, -0.15) is 13.2 Å². The van der Waals surface area contributed by atoms with Crippen LogP contribution in [0.5, 0.6) is 0 Å². The van der Waals surface area contributed by atoms with Gasteiger partial charge in [-0.3, -0.25) is 4.79 Å². The molecule has 0 saturated carbocycles. The predicted molar refractivity (Wildman–Crippen MR) is 72.8 cm³/mol. The van der Waals surface area contributed by atoms with Gasteiger partial charge in [0.2, 0.25) is 0 Å². The molecule has 0 spiro atoms. The Kier molecular flexibility index (Phi) is 4.16. The minimum atomic E-state index is -4.43. The zero-order valence-electron chi connectivity index (χ0n) is 11.2. The number of hydrogen-bond donors (Lipinski definition) is 1. The average molecular weight is 283 g/mol. The van der Waals surface area contributed by atoms with Gasteiger partial charge in [-0.15, -0.1) is 0 Å². The van der Waals surface area contributed by atoms with Crippen molar-refractivity contribution < 1.29 is 13.2 Å². The number of pyridine rings is 1. The van der Waals surface area contributed by atoms with E-state index in [-0.39, 0.29) is 10.8 Å². The van der Waals surface area contributed by atoms with Crippen molar-refractivity contribution in [3.63, 3.8) is 0 Å². The summed E-state index contributed by atoms with van der Waals surface area (Å²) < 4.78 is 37.9. The van der Waals surface area contributed by atoms with Crippen LogP contribution >= 0.6 is 0 Å². The van der Waals surface area contributed by atoms with E-state index in [1.54, 1.807) is 0 Å². The zero-order chi connectivity index (χ0) is 14.8. The van der Waals surface area contributed by atoms with E-state index in [1.165, 1.54) is 12.1 Å². The molecule has 0 aliphatic heterocycles. The molecule has 20 heavy (non-hydrogen) atoms. The summed E-state index contributed by atoms with van der Waals surface area (Å²) in [5.74, 6) is 0. The van der Waals surface area contributed by atoms with Crippen molar-refractivity contribution in [1.29, 1.82) is 0 Å². The van der Waals surface area contributed by atoms with Crippen LogP contribution in [0.4, 0.5) is 13.2 Å². The van der Waals surface area contributed by atoms with Crippen LogP contribution in [0.3, 0.4) is 0 Å². The average Bonchev–Trinajstić information content (AvgIpc) is 2.37. The first-order chi connectivity index (χ1) is 9.41. The summed E-state index contributed by atoms with van der Waals surface area (Å²) in [6, 6.07) is 4.62. The van der Waals surface area contributed by atoms with Crippen LogP contribution in [0.1, 0.15) is 37.4 Å². The van der Waals surface area contributed by atoms with Crippen molar-refractivity contribution in [2.24, 2.45) is 0 Å². The van der Waals surface area contributed by atoms with Gasteiger partial charge in [0.25, 0.3) is 0 Å².